The first-order valence-electron chi connectivity index (χ1n) is 9.99. The molecule has 0 radical (unpaired) electrons. The van der Waals surface area contributed by atoms with Gasteiger partial charge in [-0.15, -0.1) is 0 Å². The zero-order valence-electron chi connectivity index (χ0n) is 17.1. The first-order chi connectivity index (χ1) is 14.3. The number of guanidine groups is 1. The molecule has 2 rings (SSSR count). The number of aliphatic imine (C=N–C) groups is 1. The Labute approximate surface area is 175 Å². The number of carbonyl (C=O) groups excluding carboxylic acids is 3. The molecule has 0 saturated carbocycles. The van der Waals surface area contributed by atoms with Crippen LogP contribution < -0.4 is 32.6 Å². The summed E-state index contributed by atoms with van der Waals surface area (Å²) in [6, 6.07) is 4.53. The lowest BCUT2D eigenvalue weighted by molar-refractivity contribution is -0.139. The van der Waals surface area contributed by atoms with Crippen molar-refractivity contribution < 1.29 is 19.1 Å². The third kappa shape index (κ3) is 6.82. The molecule has 1 fully saturated rings. The van der Waals surface area contributed by atoms with Gasteiger partial charge in [0.1, 0.15) is 11.8 Å². The molecule has 0 unspecified atom stereocenters. The Bertz CT molecular complexity index is 785. The van der Waals surface area contributed by atoms with Crippen LogP contribution in [0.2, 0.25) is 0 Å². The minimum Gasteiger partial charge on any atom is -0.424 e. The normalized spacial score (nSPS) is 17.6. The van der Waals surface area contributed by atoms with Crippen molar-refractivity contribution in [1.29, 1.82) is 0 Å². The number of hydrogen-bond acceptors (Lipinski definition) is 7. The van der Waals surface area contributed by atoms with Crippen molar-refractivity contribution in [3.8, 4) is 5.75 Å². The summed E-state index contributed by atoms with van der Waals surface area (Å²) in [5.74, 6) is -1.20. The maximum atomic E-state index is 12.8. The summed E-state index contributed by atoms with van der Waals surface area (Å²) in [6.45, 7) is 2.59. The highest BCUT2D eigenvalue weighted by atomic mass is 16.5. The van der Waals surface area contributed by atoms with E-state index < -0.39 is 24.0 Å². The molecule has 0 bridgehead atoms. The number of hydrogen-bond donors (Lipinski definition) is 5. The Hall–Kier alpha value is -2.98. The standard InChI is InChI=1S/C20H30N6O4/c1-12(21)18(28)26-15(8-5-11-25-20(22)23)19(29)30-16-9-3-2-6-13(16)17(27)14-7-4-10-24-14/h2-3,6,9,12,14-15,24H,4-5,7-8,10-11,21H2,1H3,(H,26,28)(H4,22,23,25)/t12-,14-,15-/m0/s1. The molecule has 1 aromatic carbocycles. The van der Waals surface area contributed by atoms with Crippen LogP contribution in [-0.2, 0) is 9.59 Å². The molecule has 1 aliphatic heterocycles. The molecule has 3 atom stereocenters. The SMILES string of the molecule is C[C@H](N)C(=O)N[C@@H](CCCN=C(N)N)C(=O)Oc1ccccc1C(=O)[C@@H]1CCCN1. The maximum absolute atomic E-state index is 12.8. The third-order valence-corrected chi connectivity index (χ3v) is 4.70. The predicted molar refractivity (Wildman–Crippen MR) is 113 cm³/mol. The molecule has 164 valence electrons. The first-order valence-corrected chi connectivity index (χ1v) is 9.99. The summed E-state index contributed by atoms with van der Waals surface area (Å²) >= 11 is 0. The van der Waals surface area contributed by atoms with Gasteiger partial charge in [-0.05, 0) is 51.3 Å². The van der Waals surface area contributed by atoms with Crippen LogP contribution in [0.5, 0.6) is 5.75 Å². The van der Waals surface area contributed by atoms with E-state index in [1.54, 1.807) is 24.3 Å². The number of nitrogens with two attached hydrogens (primary N) is 3. The van der Waals surface area contributed by atoms with Gasteiger partial charge in [-0.25, -0.2) is 4.79 Å². The summed E-state index contributed by atoms with van der Waals surface area (Å²) in [6.07, 6.45) is 2.33. The second kappa shape index (κ2) is 11.3. The van der Waals surface area contributed by atoms with E-state index in [1.165, 1.54) is 6.92 Å². The quantitative estimate of drug-likeness (QED) is 0.0836. The van der Waals surface area contributed by atoms with Gasteiger partial charge in [0, 0.05) is 6.54 Å². The number of rotatable bonds is 10. The fraction of sp³-hybridized carbons (Fsp3) is 0.500. The molecule has 0 spiro atoms. The third-order valence-electron chi connectivity index (χ3n) is 4.70. The van der Waals surface area contributed by atoms with E-state index in [1.807, 2.05) is 0 Å². The van der Waals surface area contributed by atoms with Gasteiger partial charge in [0.15, 0.2) is 11.7 Å². The molecule has 0 aromatic heterocycles. The summed E-state index contributed by atoms with van der Waals surface area (Å²) in [5, 5.41) is 5.73. The van der Waals surface area contributed by atoms with Crippen LogP contribution in [0.3, 0.4) is 0 Å². The Balaban J connectivity index is 2.12. The molecule has 1 aliphatic rings. The van der Waals surface area contributed by atoms with Crippen LogP contribution in [0.4, 0.5) is 0 Å². The lowest BCUT2D eigenvalue weighted by Crippen LogP contribution is -2.48. The van der Waals surface area contributed by atoms with Crippen LogP contribution in [0.1, 0.15) is 43.0 Å². The summed E-state index contributed by atoms with van der Waals surface area (Å²) in [7, 11) is 0. The van der Waals surface area contributed by atoms with Crippen LogP contribution >= 0.6 is 0 Å². The highest BCUT2D eigenvalue weighted by Crippen LogP contribution is 2.23. The van der Waals surface area contributed by atoms with Crippen LogP contribution in [0.25, 0.3) is 0 Å². The predicted octanol–water partition coefficient (Wildman–Crippen LogP) is -0.588. The first kappa shape index (κ1) is 23.3. The number of ketones is 1. The monoisotopic (exact) mass is 418 g/mol. The summed E-state index contributed by atoms with van der Waals surface area (Å²) in [5.41, 5.74) is 16.5. The lowest BCUT2D eigenvalue weighted by atomic mass is 10.0. The lowest BCUT2D eigenvalue weighted by Gasteiger charge is -2.20. The molecule has 8 N–H and O–H groups in total. The smallest absolute Gasteiger partial charge is 0.334 e. The van der Waals surface area contributed by atoms with E-state index in [9.17, 15) is 14.4 Å². The summed E-state index contributed by atoms with van der Waals surface area (Å²) in [4.78, 5) is 41.5. The number of benzene rings is 1. The topological polar surface area (TPSA) is 175 Å². The van der Waals surface area contributed by atoms with E-state index in [2.05, 4.69) is 15.6 Å². The maximum Gasteiger partial charge on any atom is 0.334 e. The Morgan fingerprint density at radius 3 is 2.67 bits per heavy atom. The van der Waals surface area contributed by atoms with Crippen molar-refractivity contribution in [2.45, 2.75) is 50.7 Å². The van der Waals surface area contributed by atoms with Crippen molar-refractivity contribution in [2.24, 2.45) is 22.2 Å². The number of para-hydroxylation sites is 1. The molecule has 1 aromatic rings. The Morgan fingerprint density at radius 1 is 1.30 bits per heavy atom. The highest BCUT2D eigenvalue weighted by molar-refractivity contribution is 6.03. The fourth-order valence-electron chi connectivity index (χ4n) is 3.09. The van der Waals surface area contributed by atoms with Gasteiger partial charge in [-0.2, -0.15) is 0 Å². The molecule has 30 heavy (non-hydrogen) atoms. The van der Waals surface area contributed by atoms with Crippen LogP contribution in [0, 0.1) is 0 Å². The molecular formula is C20H30N6O4. The fourth-order valence-corrected chi connectivity index (χ4v) is 3.09. The average Bonchev–Trinajstić information content (AvgIpc) is 3.24. The number of esters is 1. The van der Waals surface area contributed by atoms with Gasteiger partial charge in [0.05, 0.1) is 17.6 Å². The number of carbonyl (C=O) groups is 3. The van der Waals surface area contributed by atoms with Gasteiger partial charge in [0.25, 0.3) is 0 Å². The van der Waals surface area contributed by atoms with Gasteiger partial charge >= 0.3 is 5.97 Å². The van der Waals surface area contributed by atoms with Crippen LogP contribution in [0.15, 0.2) is 29.3 Å². The van der Waals surface area contributed by atoms with Crippen molar-refractivity contribution in [3.05, 3.63) is 29.8 Å². The average molecular weight is 418 g/mol. The van der Waals surface area contributed by atoms with E-state index in [0.29, 0.717) is 18.5 Å². The van der Waals surface area contributed by atoms with Gasteiger partial charge in [-0.3, -0.25) is 14.6 Å². The van der Waals surface area contributed by atoms with Crippen molar-refractivity contribution in [2.75, 3.05) is 13.1 Å². The minimum absolute atomic E-state index is 0.0540. The van der Waals surface area contributed by atoms with E-state index in [4.69, 9.17) is 21.9 Å². The molecule has 1 heterocycles. The molecule has 0 aliphatic carbocycles. The zero-order valence-corrected chi connectivity index (χ0v) is 17.1. The molecule has 10 nitrogen and oxygen atoms in total. The molecular weight excluding hydrogens is 388 g/mol. The molecule has 1 saturated heterocycles. The van der Waals surface area contributed by atoms with E-state index in [-0.39, 0.29) is 30.0 Å². The molecule has 10 heteroatoms. The second-order valence-electron chi connectivity index (χ2n) is 7.23. The van der Waals surface area contributed by atoms with E-state index >= 15 is 0 Å². The van der Waals surface area contributed by atoms with Crippen molar-refractivity contribution >= 4 is 23.6 Å². The highest BCUT2D eigenvalue weighted by Gasteiger charge is 2.28. The second-order valence-corrected chi connectivity index (χ2v) is 7.23. The van der Waals surface area contributed by atoms with Crippen LogP contribution in [-0.4, -0.2) is 54.8 Å². The number of nitrogens with zero attached hydrogens (tertiary/aromatic N) is 1. The zero-order chi connectivity index (χ0) is 22.1. The van der Waals surface area contributed by atoms with E-state index in [0.717, 1.165) is 19.4 Å². The van der Waals surface area contributed by atoms with Gasteiger partial charge in [0.2, 0.25) is 5.91 Å². The minimum atomic E-state index is -0.953. The van der Waals surface area contributed by atoms with Gasteiger partial charge in [-0.1, -0.05) is 12.1 Å². The number of ether oxygens (including phenoxy) is 1. The largest absolute Gasteiger partial charge is 0.424 e. The Morgan fingerprint density at radius 2 is 2.03 bits per heavy atom. The molecule has 1 amide bonds. The van der Waals surface area contributed by atoms with Gasteiger partial charge < -0.3 is 32.6 Å². The number of nitrogens with one attached hydrogen (secondary N) is 2. The summed E-state index contributed by atoms with van der Waals surface area (Å²) < 4.78 is 5.52. The van der Waals surface area contributed by atoms with Crippen molar-refractivity contribution in [1.82, 2.24) is 10.6 Å². The van der Waals surface area contributed by atoms with Crippen molar-refractivity contribution in [3.63, 3.8) is 0 Å². The Kier molecular flexibility index (Phi) is 8.75. The number of Topliss-reactive ketones (excluding diaryl/α,β-unsaturated/α-hetero) is 1. The number of amides is 1.